The molecule has 37 heavy (non-hydrogen) atoms. The highest BCUT2D eigenvalue weighted by molar-refractivity contribution is 7.93. The number of amides is 2. The smallest absolute Gasteiger partial charge is 0.317 e. The SMILES string of the molecule is CN(C)C1(c2ccccc2)CCC(C)(CN(CC(CCC=O)CCSO)C(=O)NCC2(O)CCC2)CC1. The third-order valence-electron chi connectivity index (χ3n) is 8.95. The summed E-state index contributed by atoms with van der Waals surface area (Å²) in [6, 6.07) is 10.6. The van der Waals surface area contributed by atoms with Crippen molar-refractivity contribution in [3.8, 4) is 0 Å². The maximum Gasteiger partial charge on any atom is 0.317 e. The van der Waals surface area contributed by atoms with Crippen LogP contribution in [0.2, 0.25) is 0 Å². The van der Waals surface area contributed by atoms with Gasteiger partial charge in [0.25, 0.3) is 0 Å². The molecule has 1 aromatic rings. The van der Waals surface area contributed by atoms with Gasteiger partial charge >= 0.3 is 6.03 Å². The van der Waals surface area contributed by atoms with Crippen molar-refractivity contribution in [3.05, 3.63) is 35.9 Å². The summed E-state index contributed by atoms with van der Waals surface area (Å²) in [6.07, 6.45) is 9.33. The lowest BCUT2D eigenvalue weighted by molar-refractivity contribution is -0.108. The van der Waals surface area contributed by atoms with Crippen LogP contribution in [0.3, 0.4) is 0 Å². The van der Waals surface area contributed by atoms with Crippen LogP contribution in [0.25, 0.3) is 0 Å². The third kappa shape index (κ3) is 7.94. The Hall–Kier alpha value is -1.61. The van der Waals surface area contributed by atoms with Gasteiger partial charge in [0.15, 0.2) is 0 Å². The van der Waals surface area contributed by atoms with Crippen molar-refractivity contribution in [2.24, 2.45) is 11.3 Å². The van der Waals surface area contributed by atoms with Gasteiger partial charge in [0.2, 0.25) is 0 Å². The van der Waals surface area contributed by atoms with Crippen LogP contribution in [0.4, 0.5) is 4.79 Å². The van der Waals surface area contributed by atoms with Crippen LogP contribution in [0.1, 0.15) is 76.7 Å². The highest BCUT2D eigenvalue weighted by Crippen LogP contribution is 2.48. The van der Waals surface area contributed by atoms with Gasteiger partial charge in [-0.25, -0.2) is 4.79 Å². The molecular weight excluding hydrogens is 486 g/mol. The van der Waals surface area contributed by atoms with Gasteiger partial charge < -0.3 is 24.7 Å². The van der Waals surface area contributed by atoms with Crippen molar-refractivity contribution in [2.45, 2.75) is 82.3 Å². The number of carbonyl (C=O) groups excluding carboxylic acids is 2. The van der Waals surface area contributed by atoms with E-state index in [1.807, 2.05) is 4.90 Å². The van der Waals surface area contributed by atoms with Gasteiger partial charge in [0, 0.05) is 37.3 Å². The molecule has 2 aliphatic rings. The van der Waals surface area contributed by atoms with E-state index in [1.165, 1.54) is 5.56 Å². The van der Waals surface area contributed by atoms with E-state index in [4.69, 9.17) is 0 Å². The van der Waals surface area contributed by atoms with Crippen LogP contribution in [0.5, 0.6) is 0 Å². The molecule has 0 aromatic heterocycles. The predicted molar refractivity (Wildman–Crippen MR) is 151 cm³/mol. The first-order chi connectivity index (χ1) is 17.7. The van der Waals surface area contributed by atoms with Gasteiger partial charge in [0.05, 0.1) is 5.60 Å². The number of hydrogen-bond donors (Lipinski definition) is 3. The van der Waals surface area contributed by atoms with E-state index >= 15 is 0 Å². The molecule has 1 aromatic carbocycles. The lowest BCUT2D eigenvalue weighted by Gasteiger charge is -2.50. The molecule has 2 aliphatic carbocycles. The molecular formula is C29H47N3O4S. The Morgan fingerprint density at radius 3 is 2.32 bits per heavy atom. The molecule has 0 aliphatic heterocycles. The van der Waals surface area contributed by atoms with Gasteiger partial charge in [-0.3, -0.25) is 4.90 Å². The Bertz CT molecular complexity index is 854. The van der Waals surface area contributed by atoms with Crippen LogP contribution in [0, 0.1) is 11.3 Å². The van der Waals surface area contributed by atoms with Crippen LogP contribution < -0.4 is 5.32 Å². The zero-order valence-electron chi connectivity index (χ0n) is 23.0. The fourth-order valence-corrected chi connectivity index (χ4v) is 6.56. The number of urea groups is 1. The fraction of sp³-hybridized carbons (Fsp3) is 0.724. The molecule has 2 fully saturated rings. The molecule has 2 saturated carbocycles. The van der Waals surface area contributed by atoms with Crippen molar-refractivity contribution in [1.29, 1.82) is 0 Å². The summed E-state index contributed by atoms with van der Waals surface area (Å²) in [5, 5.41) is 13.6. The lowest BCUT2D eigenvalue weighted by Crippen LogP contribution is -2.54. The molecule has 3 N–H and O–H groups in total. The Labute approximate surface area is 227 Å². The summed E-state index contributed by atoms with van der Waals surface area (Å²) in [5.41, 5.74) is 0.536. The van der Waals surface area contributed by atoms with Crippen molar-refractivity contribution >= 4 is 24.4 Å². The van der Waals surface area contributed by atoms with Crippen molar-refractivity contribution < 1.29 is 19.2 Å². The summed E-state index contributed by atoms with van der Waals surface area (Å²) >= 11 is 0.813. The largest absolute Gasteiger partial charge is 0.388 e. The zero-order chi connectivity index (χ0) is 26.9. The van der Waals surface area contributed by atoms with E-state index in [0.717, 1.165) is 69.7 Å². The van der Waals surface area contributed by atoms with Crippen molar-refractivity contribution in [3.63, 3.8) is 0 Å². The van der Waals surface area contributed by atoms with Crippen molar-refractivity contribution in [1.82, 2.24) is 15.1 Å². The monoisotopic (exact) mass is 533 g/mol. The van der Waals surface area contributed by atoms with E-state index < -0.39 is 5.60 Å². The number of benzene rings is 1. The van der Waals surface area contributed by atoms with Gasteiger partial charge in [0.1, 0.15) is 6.29 Å². The number of hydrogen-bond acceptors (Lipinski definition) is 6. The quantitative estimate of drug-likeness (QED) is 0.226. The Morgan fingerprint density at radius 1 is 1.11 bits per heavy atom. The summed E-state index contributed by atoms with van der Waals surface area (Å²) in [6.45, 7) is 3.76. The number of aldehydes is 1. The number of nitrogens with zero attached hydrogens (tertiary/aromatic N) is 2. The average molecular weight is 534 g/mol. The molecule has 1 unspecified atom stereocenters. The van der Waals surface area contributed by atoms with E-state index in [2.05, 4.69) is 61.6 Å². The molecule has 8 heteroatoms. The topological polar surface area (TPSA) is 93.1 Å². The van der Waals surface area contributed by atoms with E-state index in [0.29, 0.717) is 31.7 Å². The standard InChI is InChI=1S/C29H47N3O4S/c1-27(15-17-29(18-16-27,31(2)3)25-10-5-4-6-11-25)23-32(21-24(9-7-19-33)12-20-37-36)26(34)30-22-28(35)13-8-14-28/h4-6,10-11,19,24,35-36H,7-9,12-18,20-23H2,1-3H3,(H,30,34). The second kappa shape index (κ2) is 13.5. The normalized spacial score (nSPS) is 25.8. The van der Waals surface area contributed by atoms with Crippen LogP contribution in [-0.2, 0) is 10.3 Å². The molecule has 3 rings (SSSR count). The Balaban J connectivity index is 1.73. The molecule has 0 radical (unpaired) electrons. The van der Waals surface area contributed by atoms with Gasteiger partial charge in [-0.15, -0.1) is 0 Å². The van der Waals surface area contributed by atoms with E-state index in [9.17, 15) is 19.2 Å². The Morgan fingerprint density at radius 2 is 1.78 bits per heavy atom. The summed E-state index contributed by atoms with van der Waals surface area (Å²) in [7, 11) is 4.33. The highest BCUT2D eigenvalue weighted by atomic mass is 32.2. The van der Waals surface area contributed by atoms with Crippen LogP contribution in [-0.4, -0.2) is 76.9 Å². The number of nitrogens with one attached hydrogen (secondary N) is 1. The minimum absolute atomic E-state index is 0.00774. The molecule has 0 saturated heterocycles. The predicted octanol–water partition coefficient (Wildman–Crippen LogP) is 5.14. The fourth-order valence-electron chi connectivity index (χ4n) is 6.12. The molecule has 1 atom stereocenters. The molecule has 7 nitrogen and oxygen atoms in total. The Kier molecular flexibility index (Phi) is 10.9. The summed E-state index contributed by atoms with van der Waals surface area (Å²) in [5.74, 6) is 0.720. The maximum atomic E-state index is 13.5. The highest BCUT2D eigenvalue weighted by Gasteiger charge is 2.44. The average Bonchev–Trinajstić information content (AvgIpc) is 2.88. The van der Waals surface area contributed by atoms with Gasteiger partial charge in [-0.1, -0.05) is 37.3 Å². The maximum absolute atomic E-state index is 13.5. The molecule has 0 spiro atoms. The lowest BCUT2D eigenvalue weighted by atomic mass is 9.65. The molecule has 0 bridgehead atoms. The third-order valence-corrected chi connectivity index (χ3v) is 9.37. The summed E-state index contributed by atoms with van der Waals surface area (Å²) < 4.78 is 9.30. The van der Waals surface area contributed by atoms with E-state index in [-0.39, 0.29) is 29.4 Å². The first kappa shape index (κ1) is 29.9. The van der Waals surface area contributed by atoms with Crippen molar-refractivity contribution in [2.75, 3.05) is 39.5 Å². The molecule has 0 heterocycles. The minimum Gasteiger partial charge on any atom is -0.388 e. The number of aliphatic hydroxyl groups is 1. The second-order valence-electron chi connectivity index (χ2n) is 12.0. The molecule has 208 valence electrons. The summed E-state index contributed by atoms with van der Waals surface area (Å²) in [4.78, 5) is 28.8. The van der Waals surface area contributed by atoms with Gasteiger partial charge in [-0.2, -0.15) is 0 Å². The first-order valence-electron chi connectivity index (χ1n) is 13.8. The first-order valence-corrected chi connectivity index (χ1v) is 14.8. The van der Waals surface area contributed by atoms with Gasteiger partial charge in [-0.05, 0) is 101 Å². The number of rotatable bonds is 14. The number of carbonyl (C=O) groups is 2. The van der Waals surface area contributed by atoms with Crippen LogP contribution in [0.15, 0.2) is 30.3 Å². The second-order valence-corrected chi connectivity index (χ2v) is 12.6. The minimum atomic E-state index is -0.776. The van der Waals surface area contributed by atoms with Crippen LogP contribution >= 0.6 is 12.0 Å². The van der Waals surface area contributed by atoms with E-state index in [1.54, 1.807) is 0 Å². The molecule has 2 amide bonds. The zero-order valence-corrected chi connectivity index (χ0v) is 23.8.